The van der Waals surface area contributed by atoms with Crippen LogP contribution in [-0.4, -0.2) is 6.71 Å². The number of hydrogen-bond acceptors (Lipinski definition) is 2. The molecule has 0 saturated carbocycles. The van der Waals surface area contributed by atoms with E-state index in [1.807, 2.05) is 0 Å². The lowest BCUT2D eigenvalue weighted by Crippen LogP contribution is -2.52. The van der Waals surface area contributed by atoms with Crippen LogP contribution in [-0.2, 0) is 10.8 Å². The number of fused-ring (bicyclic) bond motifs is 9. The fourth-order valence-corrected chi connectivity index (χ4v) is 11.9. The molecule has 316 valence electrons. The van der Waals surface area contributed by atoms with Gasteiger partial charge in [-0.3, -0.25) is 0 Å². The summed E-state index contributed by atoms with van der Waals surface area (Å²) in [5, 5.41) is 2.60. The Hall–Kier alpha value is -6.32. The number of benzene rings is 8. The van der Waals surface area contributed by atoms with Gasteiger partial charge in [-0.1, -0.05) is 201 Å². The van der Waals surface area contributed by atoms with Crippen LogP contribution in [0.1, 0.15) is 126 Å². The van der Waals surface area contributed by atoms with Crippen LogP contribution in [0.3, 0.4) is 0 Å². The first-order chi connectivity index (χ1) is 30.8. The zero-order valence-corrected chi connectivity index (χ0v) is 39.2. The van der Waals surface area contributed by atoms with Crippen molar-refractivity contribution in [2.75, 3.05) is 9.80 Å². The van der Waals surface area contributed by atoms with Crippen molar-refractivity contribution >= 4 is 68.0 Å². The number of nitrogens with zero attached hydrogens (tertiary/aromatic N) is 2. The first-order valence-corrected chi connectivity index (χ1v) is 23.6. The summed E-state index contributed by atoms with van der Waals surface area (Å²) in [4.78, 5) is 5.10. The lowest BCUT2D eigenvalue weighted by atomic mass is 9.36. The number of hydrogen-bond donors (Lipinski definition) is 0. The average Bonchev–Trinajstić information content (AvgIpc) is 3.62. The molecule has 0 fully saturated rings. The van der Waals surface area contributed by atoms with Gasteiger partial charge in [0.25, 0.3) is 0 Å². The molecule has 0 amide bonds. The summed E-state index contributed by atoms with van der Waals surface area (Å²) in [5.41, 5.74) is 23.8. The minimum Gasteiger partial charge on any atom is -0.310 e. The van der Waals surface area contributed by atoms with Gasteiger partial charge in [-0.05, 0) is 116 Å². The summed E-state index contributed by atoms with van der Waals surface area (Å²) in [6, 6.07) is 60.6. The Morgan fingerprint density at radius 2 is 0.828 bits per heavy atom. The van der Waals surface area contributed by atoms with Gasteiger partial charge in [-0.25, -0.2) is 0 Å². The number of para-hydroxylation sites is 4. The van der Waals surface area contributed by atoms with Gasteiger partial charge in [-0.2, -0.15) is 0 Å². The number of anilines is 6. The molecule has 64 heavy (non-hydrogen) atoms. The first kappa shape index (κ1) is 40.5. The maximum absolute atomic E-state index is 2.57. The van der Waals surface area contributed by atoms with Gasteiger partial charge in [0.2, 0.25) is 6.71 Å². The molecule has 8 aromatic carbocycles. The maximum Gasteiger partial charge on any atom is 0.244 e. The fourth-order valence-electron chi connectivity index (χ4n) is 11.9. The van der Waals surface area contributed by atoms with Crippen molar-refractivity contribution in [1.82, 2.24) is 0 Å². The van der Waals surface area contributed by atoms with E-state index in [0.29, 0.717) is 17.8 Å². The largest absolute Gasteiger partial charge is 0.310 e. The predicted molar refractivity (Wildman–Crippen MR) is 276 cm³/mol. The second-order valence-electron chi connectivity index (χ2n) is 20.7. The molecule has 0 aliphatic carbocycles. The Morgan fingerprint density at radius 1 is 0.391 bits per heavy atom. The van der Waals surface area contributed by atoms with Crippen molar-refractivity contribution < 1.29 is 0 Å². The summed E-state index contributed by atoms with van der Waals surface area (Å²) in [5.74, 6) is 1.16. The van der Waals surface area contributed by atoms with E-state index >= 15 is 0 Å². The second kappa shape index (κ2) is 14.6. The van der Waals surface area contributed by atoms with Gasteiger partial charge in [0.15, 0.2) is 0 Å². The molecular formula is C61H59BN2. The van der Waals surface area contributed by atoms with Crippen LogP contribution >= 0.6 is 0 Å². The van der Waals surface area contributed by atoms with Gasteiger partial charge in [0, 0.05) is 21.9 Å². The molecule has 3 heteroatoms. The van der Waals surface area contributed by atoms with Crippen LogP contribution in [0.4, 0.5) is 34.1 Å². The van der Waals surface area contributed by atoms with Crippen molar-refractivity contribution in [3.63, 3.8) is 0 Å². The molecule has 3 aliphatic heterocycles. The zero-order chi connectivity index (χ0) is 44.4. The SMILES string of the molecule is CC(C)c1cc(C(C)C)c(B2c3ccc(N4c5ccccc5C(C)(C)c5ccccc54)cc3-c3cc(N4c5ccccc5C(C)(C)c5ccccc54)c4ccccc4c32)c(C(C)C)c1. The molecule has 3 aliphatic rings. The standard InChI is InChI=1S/C61H59BN2/c1-37(2)40-33-44(38(3)4)59(45(34-40)39(5)6)62-52-32-31-41(63-53-27-17-13-23-48(53)60(7,8)49-24-14-18-28-54(49)63)35-46(52)47-36-57(42-21-11-12-22-43(42)58(47)62)64-55-29-19-15-25-50(55)61(9,10)51-26-16-20-30-56(51)64/h11-39H,1-10H3. The lowest BCUT2D eigenvalue weighted by Gasteiger charge is -2.42. The van der Waals surface area contributed by atoms with E-state index in [2.05, 4.69) is 237 Å². The summed E-state index contributed by atoms with van der Waals surface area (Å²) < 4.78 is 0. The fraction of sp³-hybridized carbons (Fsp3) is 0.246. The highest BCUT2D eigenvalue weighted by Gasteiger charge is 2.43. The van der Waals surface area contributed by atoms with Crippen LogP contribution < -0.4 is 26.2 Å². The van der Waals surface area contributed by atoms with E-state index in [1.54, 1.807) is 0 Å². The van der Waals surface area contributed by atoms with Crippen molar-refractivity contribution in [2.45, 2.75) is 97.8 Å². The van der Waals surface area contributed by atoms with Gasteiger partial charge in [0.05, 0.1) is 28.4 Å². The predicted octanol–water partition coefficient (Wildman–Crippen LogP) is 14.9. The Balaban J connectivity index is 1.25. The third kappa shape index (κ3) is 5.78. The van der Waals surface area contributed by atoms with E-state index in [9.17, 15) is 0 Å². The molecule has 0 aromatic heterocycles. The molecule has 3 heterocycles. The van der Waals surface area contributed by atoms with Gasteiger partial charge < -0.3 is 9.80 Å². The molecule has 0 unspecified atom stereocenters. The first-order valence-electron chi connectivity index (χ1n) is 23.6. The highest BCUT2D eigenvalue weighted by atomic mass is 15.2. The molecule has 8 aromatic rings. The molecular weight excluding hydrogens is 771 g/mol. The quantitative estimate of drug-likeness (QED) is 0.154. The van der Waals surface area contributed by atoms with E-state index in [1.165, 1.54) is 111 Å². The summed E-state index contributed by atoms with van der Waals surface area (Å²) in [6.07, 6.45) is 0. The Bertz CT molecular complexity index is 3060. The molecule has 0 bridgehead atoms. The summed E-state index contributed by atoms with van der Waals surface area (Å²) in [7, 11) is 0. The monoisotopic (exact) mass is 830 g/mol. The van der Waals surface area contributed by atoms with E-state index in [0.717, 1.165) is 0 Å². The molecule has 0 saturated heterocycles. The third-order valence-electron chi connectivity index (χ3n) is 15.2. The van der Waals surface area contributed by atoms with Crippen molar-refractivity contribution in [3.05, 3.63) is 197 Å². The van der Waals surface area contributed by atoms with Crippen LogP contribution in [0.5, 0.6) is 0 Å². The Labute approximate surface area is 381 Å². The molecule has 0 radical (unpaired) electrons. The van der Waals surface area contributed by atoms with Gasteiger partial charge in [-0.15, -0.1) is 0 Å². The van der Waals surface area contributed by atoms with Crippen molar-refractivity contribution in [2.24, 2.45) is 0 Å². The minimum atomic E-state index is -0.152. The van der Waals surface area contributed by atoms with Gasteiger partial charge in [0.1, 0.15) is 0 Å². The second-order valence-corrected chi connectivity index (χ2v) is 20.7. The van der Waals surface area contributed by atoms with Crippen LogP contribution in [0.25, 0.3) is 21.9 Å². The van der Waals surface area contributed by atoms with Crippen molar-refractivity contribution in [1.29, 1.82) is 0 Å². The van der Waals surface area contributed by atoms with Crippen LogP contribution in [0.2, 0.25) is 0 Å². The van der Waals surface area contributed by atoms with E-state index in [-0.39, 0.29) is 17.5 Å². The highest BCUT2D eigenvalue weighted by Crippen LogP contribution is 2.55. The van der Waals surface area contributed by atoms with Gasteiger partial charge >= 0.3 is 0 Å². The number of rotatable bonds is 6. The van der Waals surface area contributed by atoms with Crippen molar-refractivity contribution in [3.8, 4) is 11.1 Å². The van der Waals surface area contributed by atoms with Crippen LogP contribution in [0.15, 0.2) is 158 Å². The normalized spacial score (nSPS) is 15.3. The highest BCUT2D eigenvalue weighted by molar-refractivity contribution is 7.01. The average molecular weight is 831 g/mol. The van der Waals surface area contributed by atoms with E-state index < -0.39 is 0 Å². The lowest BCUT2D eigenvalue weighted by molar-refractivity contribution is 0.632. The topological polar surface area (TPSA) is 6.48 Å². The smallest absolute Gasteiger partial charge is 0.244 e. The third-order valence-corrected chi connectivity index (χ3v) is 15.2. The van der Waals surface area contributed by atoms with Crippen LogP contribution in [0, 0.1) is 0 Å². The molecule has 0 N–H and O–H groups in total. The Kier molecular flexibility index (Phi) is 9.24. The molecule has 0 spiro atoms. The summed E-state index contributed by atoms with van der Waals surface area (Å²) >= 11 is 0. The summed E-state index contributed by atoms with van der Waals surface area (Å²) in [6.45, 7) is 23.8. The molecule has 2 nitrogen and oxygen atoms in total. The van der Waals surface area contributed by atoms with E-state index in [4.69, 9.17) is 0 Å². The minimum absolute atomic E-state index is 0.0636. The zero-order valence-electron chi connectivity index (χ0n) is 39.2. The molecule has 0 atom stereocenters. The molecule has 11 rings (SSSR count). The Morgan fingerprint density at radius 3 is 1.30 bits per heavy atom. The maximum atomic E-state index is 2.57.